The van der Waals surface area contributed by atoms with E-state index >= 15 is 0 Å². The lowest BCUT2D eigenvalue weighted by Crippen LogP contribution is -2.14. The summed E-state index contributed by atoms with van der Waals surface area (Å²) in [7, 11) is 1.67. The van der Waals surface area contributed by atoms with Crippen molar-refractivity contribution >= 4 is 34.5 Å². The quantitative estimate of drug-likeness (QED) is 0.831. The van der Waals surface area contributed by atoms with Crippen LogP contribution in [0.25, 0.3) is 0 Å². The first kappa shape index (κ1) is 16.0. The number of halogens is 1. The SMILES string of the molecule is Br.CCCc1nnn2c1SCC(c1ccc(OC)cc1)=N2. The molecule has 0 saturated heterocycles. The zero-order valence-corrected chi connectivity index (χ0v) is 14.5. The molecule has 1 aliphatic heterocycles. The largest absolute Gasteiger partial charge is 0.497 e. The Kier molecular flexibility index (Phi) is 5.41. The topological polar surface area (TPSA) is 52.3 Å². The van der Waals surface area contributed by atoms with E-state index in [-0.39, 0.29) is 17.0 Å². The third-order valence-corrected chi connectivity index (χ3v) is 4.24. The van der Waals surface area contributed by atoms with E-state index in [9.17, 15) is 0 Å². The normalized spacial score (nSPS) is 13.1. The average Bonchev–Trinajstić information content (AvgIpc) is 2.90. The van der Waals surface area contributed by atoms with Crippen molar-refractivity contribution in [3.05, 3.63) is 35.5 Å². The number of thioether (sulfide) groups is 1. The number of hydrogen-bond donors (Lipinski definition) is 0. The van der Waals surface area contributed by atoms with Gasteiger partial charge in [-0.2, -0.15) is 5.10 Å². The van der Waals surface area contributed by atoms with Gasteiger partial charge in [-0.05, 0) is 41.5 Å². The molecule has 0 unspecified atom stereocenters. The van der Waals surface area contributed by atoms with Gasteiger partial charge in [0.25, 0.3) is 0 Å². The fraction of sp³-hybridized carbons (Fsp3) is 0.357. The molecule has 2 aromatic rings. The van der Waals surface area contributed by atoms with Crippen molar-refractivity contribution < 1.29 is 4.74 Å². The molecule has 1 aromatic carbocycles. The lowest BCUT2D eigenvalue weighted by molar-refractivity contribution is 0.415. The zero-order chi connectivity index (χ0) is 13.9. The number of methoxy groups -OCH3 is 1. The number of aryl methyl sites for hydroxylation is 1. The minimum atomic E-state index is 0. The van der Waals surface area contributed by atoms with E-state index in [4.69, 9.17) is 4.74 Å². The molecular formula is C14H17BrN4OS. The summed E-state index contributed by atoms with van der Waals surface area (Å²) in [5.41, 5.74) is 3.16. The Balaban J connectivity index is 0.00000161. The van der Waals surface area contributed by atoms with Crippen LogP contribution in [0, 0.1) is 0 Å². The van der Waals surface area contributed by atoms with Gasteiger partial charge in [0.15, 0.2) is 0 Å². The second kappa shape index (κ2) is 7.09. The lowest BCUT2D eigenvalue weighted by Gasteiger charge is -2.13. The Morgan fingerprint density at radius 3 is 2.71 bits per heavy atom. The molecular weight excluding hydrogens is 352 g/mol. The van der Waals surface area contributed by atoms with Crippen LogP contribution in [0.5, 0.6) is 5.75 Å². The highest BCUT2D eigenvalue weighted by Gasteiger charge is 2.19. The van der Waals surface area contributed by atoms with Gasteiger partial charge in [0.1, 0.15) is 10.8 Å². The molecule has 0 amide bonds. The molecule has 5 nitrogen and oxygen atoms in total. The first-order valence-corrected chi connectivity index (χ1v) is 7.60. The summed E-state index contributed by atoms with van der Waals surface area (Å²) in [6.07, 6.45) is 2.02. The van der Waals surface area contributed by atoms with E-state index in [0.29, 0.717) is 0 Å². The molecule has 2 heterocycles. The molecule has 3 rings (SSSR count). The van der Waals surface area contributed by atoms with Crippen LogP contribution in [-0.4, -0.2) is 33.7 Å². The van der Waals surface area contributed by atoms with Crippen LogP contribution in [0.1, 0.15) is 24.6 Å². The third kappa shape index (κ3) is 3.29. The maximum atomic E-state index is 5.17. The lowest BCUT2D eigenvalue weighted by atomic mass is 10.1. The number of aromatic nitrogens is 3. The second-order valence-electron chi connectivity index (χ2n) is 4.54. The Morgan fingerprint density at radius 2 is 2.05 bits per heavy atom. The zero-order valence-electron chi connectivity index (χ0n) is 11.9. The van der Waals surface area contributed by atoms with Crippen LogP contribution in [0.4, 0.5) is 0 Å². The maximum absolute atomic E-state index is 5.17. The maximum Gasteiger partial charge on any atom is 0.144 e. The smallest absolute Gasteiger partial charge is 0.144 e. The standard InChI is InChI=1S/C14H16N4OS.BrH/c1-3-4-12-14-18(17-15-12)16-13(9-20-14)10-5-7-11(19-2)8-6-10;/h5-8H,3-4,9H2,1-2H3;1H. The van der Waals surface area contributed by atoms with Crippen LogP contribution in [0.2, 0.25) is 0 Å². The molecule has 1 aliphatic rings. The molecule has 0 spiro atoms. The fourth-order valence-corrected chi connectivity index (χ4v) is 3.10. The molecule has 0 radical (unpaired) electrons. The highest BCUT2D eigenvalue weighted by Crippen LogP contribution is 2.27. The Morgan fingerprint density at radius 1 is 1.29 bits per heavy atom. The molecule has 7 heteroatoms. The summed E-state index contributed by atoms with van der Waals surface area (Å²) < 4.78 is 5.17. The second-order valence-corrected chi connectivity index (χ2v) is 5.51. The molecule has 0 bridgehead atoms. The number of nitrogens with zero attached hydrogens (tertiary/aromatic N) is 4. The van der Waals surface area contributed by atoms with Gasteiger partial charge in [0, 0.05) is 5.75 Å². The molecule has 0 saturated carbocycles. The summed E-state index contributed by atoms with van der Waals surface area (Å²) in [4.78, 5) is 1.65. The number of rotatable bonds is 4. The minimum absolute atomic E-state index is 0. The van der Waals surface area contributed by atoms with Gasteiger partial charge in [-0.3, -0.25) is 0 Å². The van der Waals surface area contributed by atoms with Crippen molar-refractivity contribution in [3.8, 4) is 5.75 Å². The minimum Gasteiger partial charge on any atom is -0.497 e. The first-order chi connectivity index (χ1) is 9.81. The molecule has 21 heavy (non-hydrogen) atoms. The van der Waals surface area contributed by atoms with Crippen LogP contribution in [-0.2, 0) is 6.42 Å². The van der Waals surface area contributed by atoms with E-state index in [1.54, 1.807) is 23.7 Å². The van der Waals surface area contributed by atoms with Crippen molar-refractivity contribution in [1.82, 2.24) is 15.1 Å². The molecule has 0 N–H and O–H groups in total. The van der Waals surface area contributed by atoms with Gasteiger partial charge in [-0.15, -0.1) is 26.9 Å². The predicted molar refractivity (Wildman–Crippen MR) is 90.0 cm³/mol. The van der Waals surface area contributed by atoms with Crippen molar-refractivity contribution in [3.63, 3.8) is 0 Å². The molecule has 1 aromatic heterocycles. The Labute approximate surface area is 138 Å². The van der Waals surface area contributed by atoms with Crippen LogP contribution in [0.15, 0.2) is 34.4 Å². The van der Waals surface area contributed by atoms with E-state index in [2.05, 4.69) is 22.3 Å². The molecule has 0 atom stereocenters. The summed E-state index contributed by atoms with van der Waals surface area (Å²) in [5, 5.41) is 14.0. The summed E-state index contributed by atoms with van der Waals surface area (Å²) in [6, 6.07) is 7.93. The number of fused-ring (bicyclic) bond motifs is 1. The van der Waals surface area contributed by atoms with E-state index < -0.39 is 0 Å². The number of hydrogen-bond acceptors (Lipinski definition) is 5. The highest BCUT2D eigenvalue weighted by atomic mass is 79.9. The Bertz CT molecular complexity index is 639. The van der Waals surface area contributed by atoms with E-state index in [1.807, 2.05) is 24.3 Å². The van der Waals surface area contributed by atoms with Gasteiger partial charge in [0.05, 0.1) is 18.5 Å². The van der Waals surface area contributed by atoms with Crippen molar-refractivity contribution in [2.75, 3.05) is 12.9 Å². The van der Waals surface area contributed by atoms with Gasteiger partial charge in [-0.25, -0.2) is 0 Å². The van der Waals surface area contributed by atoms with Crippen LogP contribution < -0.4 is 4.74 Å². The molecule has 0 aliphatic carbocycles. The van der Waals surface area contributed by atoms with Gasteiger partial charge < -0.3 is 4.74 Å². The van der Waals surface area contributed by atoms with E-state index in [0.717, 1.165) is 46.3 Å². The van der Waals surface area contributed by atoms with Gasteiger partial charge >= 0.3 is 0 Å². The summed E-state index contributed by atoms with van der Waals surface area (Å²) in [6.45, 7) is 2.14. The Hall–Kier alpha value is -1.34. The number of benzene rings is 1. The van der Waals surface area contributed by atoms with Crippen LogP contribution >= 0.6 is 28.7 Å². The van der Waals surface area contributed by atoms with Crippen LogP contribution in [0.3, 0.4) is 0 Å². The first-order valence-electron chi connectivity index (χ1n) is 6.61. The molecule has 0 fully saturated rings. The fourth-order valence-electron chi connectivity index (χ4n) is 2.10. The van der Waals surface area contributed by atoms with Gasteiger partial charge in [0.2, 0.25) is 0 Å². The average molecular weight is 369 g/mol. The summed E-state index contributed by atoms with van der Waals surface area (Å²) >= 11 is 1.75. The summed E-state index contributed by atoms with van der Waals surface area (Å²) in [5.74, 6) is 1.70. The molecule has 112 valence electrons. The highest BCUT2D eigenvalue weighted by molar-refractivity contribution is 8.93. The third-order valence-electron chi connectivity index (χ3n) is 3.15. The van der Waals surface area contributed by atoms with E-state index in [1.165, 1.54) is 0 Å². The van der Waals surface area contributed by atoms with Crippen molar-refractivity contribution in [2.45, 2.75) is 24.8 Å². The van der Waals surface area contributed by atoms with Gasteiger partial charge in [-0.1, -0.05) is 25.1 Å². The van der Waals surface area contributed by atoms with Crippen molar-refractivity contribution in [2.24, 2.45) is 5.10 Å². The number of ether oxygens (including phenoxy) is 1. The predicted octanol–water partition coefficient (Wildman–Crippen LogP) is 3.18. The monoisotopic (exact) mass is 368 g/mol. The van der Waals surface area contributed by atoms with Crippen molar-refractivity contribution in [1.29, 1.82) is 0 Å².